The molecule has 1 aliphatic heterocycles. The van der Waals surface area contributed by atoms with Crippen LogP contribution in [0.15, 0.2) is 60.7 Å². The first kappa shape index (κ1) is 20.1. The standard InChI is InChI=1S/C27H29NO3/c1-18-25(27(29)30)17-28(18)22-13-12-20-9-5-11-26(24(20)16-22)31-15-14-21-8-4-7-19-6-2-3-10-23(19)21/h2-11,18,22,25H,12-17H2,1H3,(H,29,30). The Balaban J connectivity index is 1.27. The lowest BCUT2D eigenvalue weighted by molar-refractivity contribution is -0.154. The van der Waals surface area contributed by atoms with E-state index in [9.17, 15) is 9.90 Å². The van der Waals surface area contributed by atoms with E-state index in [0.29, 0.717) is 19.2 Å². The molecule has 2 aliphatic rings. The van der Waals surface area contributed by atoms with E-state index in [1.54, 1.807) is 0 Å². The average molecular weight is 416 g/mol. The molecule has 0 aromatic heterocycles. The van der Waals surface area contributed by atoms with Crippen molar-refractivity contribution >= 4 is 16.7 Å². The van der Waals surface area contributed by atoms with Gasteiger partial charge in [-0.3, -0.25) is 9.69 Å². The van der Waals surface area contributed by atoms with Crippen molar-refractivity contribution in [1.29, 1.82) is 0 Å². The Morgan fingerprint density at radius 2 is 1.90 bits per heavy atom. The van der Waals surface area contributed by atoms with Crippen molar-refractivity contribution < 1.29 is 14.6 Å². The van der Waals surface area contributed by atoms with E-state index in [0.717, 1.165) is 31.4 Å². The van der Waals surface area contributed by atoms with Crippen LogP contribution in [0.3, 0.4) is 0 Å². The summed E-state index contributed by atoms with van der Waals surface area (Å²) in [5, 5.41) is 11.9. The van der Waals surface area contributed by atoms with E-state index in [1.165, 1.54) is 27.5 Å². The Labute approximate surface area is 183 Å². The van der Waals surface area contributed by atoms with Gasteiger partial charge in [-0.1, -0.05) is 54.6 Å². The maximum Gasteiger partial charge on any atom is 0.309 e. The van der Waals surface area contributed by atoms with Gasteiger partial charge in [-0.15, -0.1) is 0 Å². The molecule has 1 aliphatic carbocycles. The molecule has 0 amide bonds. The number of carboxylic acids is 1. The Morgan fingerprint density at radius 1 is 1.10 bits per heavy atom. The number of aryl methyl sites for hydroxylation is 1. The third kappa shape index (κ3) is 3.81. The van der Waals surface area contributed by atoms with E-state index in [2.05, 4.69) is 65.6 Å². The molecule has 3 aromatic carbocycles. The molecule has 3 atom stereocenters. The van der Waals surface area contributed by atoms with Gasteiger partial charge in [-0.05, 0) is 59.7 Å². The molecule has 3 aromatic rings. The summed E-state index contributed by atoms with van der Waals surface area (Å²) < 4.78 is 6.31. The number of fused-ring (bicyclic) bond motifs is 2. The molecular weight excluding hydrogens is 386 g/mol. The summed E-state index contributed by atoms with van der Waals surface area (Å²) in [6.45, 7) is 3.36. The fourth-order valence-electron chi connectivity index (χ4n) is 5.34. The summed E-state index contributed by atoms with van der Waals surface area (Å²) in [5.41, 5.74) is 4.00. The van der Waals surface area contributed by atoms with Gasteiger partial charge >= 0.3 is 5.97 Å². The largest absolute Gasteiger partial charge is 0.493 e. The van der Waals surface area contributed by atoms with Gasteiger partial charge in [0, 0.05) is 25.0 Å². The lowest BCUT2D eigenvalue weighted by Crippen LogP contribution is -2.62. The predicted molar refractivity (Wildman–Crippen MR) is 123 cm³/mol. The molecule has 5 rings (SSSR count). The van der Waals surface area contributed by atoms with Crippen LogP contribution < -0.4 is 4.74 Å². The van der Waals surface area contributed by atoms with Gasteiger partial charge < -0.3 is 9.84 Å². The molecule has 1 fully saturated rings. The molecular formula is C27H29NO3. The SMILES string of the molecule is CC1C(C(=O)O)CN1C1CCc2cccc(OCCc3cccc4ccccc34)c2C1. The van der Waals surface area contributed by atoms with E-state index in [-0.39, 0.29) is 12.0 Å². The minimum Gasteiger partial charge on any atom is -0.493 e. The van der Waals surface area contributed by atoms with Crippen LogP contribution in [0.5, 0.6) is 5.75 Å². The third-order valence-electron chi connectivity index (χ3n) is 7.22. The number of ether oxygens (including phenoxy) is 1. The highest BCUT2D eigenvalue weighted by Gasteiger charge is 2.44. The highest BCUT2D eigenvalue weighted by Crippen LogP contribution is 2.36. The second-order valence-electron chi connectivity index (χ2n) is 8.91. The van der Waals surface area contributed by atoms with Crippen LogP contribution in [0.2, 0.25) is 0 Å². The van der Waals surface area contributed by atoms with Gasteiger partial charge in [0.2, 0.25) is 0 Å². The Bertz CT molecular complexity index is 1100. The van der Waals surface area contributed by atoms with Gasteiger partial charge in [0.25, 0.3) is 0 Å². The lowest BCUT2D eigenvalue weighted by Gasteiger charge is -2.50. The number of nitrogens with zero attached hydrogens (tertiary/aromatic N) is 1. The molecule has 0 saturated carbocycles. The summed E-state index contributed by atoms with van der Waals surface area (Å²) in [4.78, 5) is 13.7. The number of benzene rings is 3. The van der Waals surface area contributed by atoms with Gasteiger partial charge in [-0.25, -0.2) is 0 Å². The first-order valence-corrected chi connectivity index (χ1v) is 11.3. The molecule has 0 spiro atoms. The molecule has 1 heterocycles. The Morgan fingerprint density at radius 3 is 2.74 bits per heavy atom. The van der Waals surface area contributed by atoms with Gasteiger partial charge in [-0.2, -0.15) is 0 Å². The summed E-state index contributed by atoms with van der Waals surface area (Å²) in [6.07, 6.45) is 3.93. The number of carbonyl (C=O) groups is 1. The quantitative estimate of drug-likeness (QED) is 0.633. The van der Waals surface area contributed by atoms with Gasteiger partial charge in [0.1, 0.15) is 5.75 Å². The zero-order chi connectivity index (χ0) is 21.4. The normalized spacial score (nSPS) is 23.2. The van der Waals surface area contributed by atoms with Crippen molar-refractivity contribution in [1.82, 2.24) is 4.90 Å². The number of carboxylic acid groups (broad SMARTS) is 1. The number of hydrogen-bond donors (Lipinski definition) is 1. The van der Waals surface area contributed by atoms with E-state index in [1.807, 2.05) is 6.92 Å². The first-order valence-electron chi connectivity index (χ1n) is 11.3. The first-order chi connectivity index (χ1) is 15.1. The van der Waals surface area contributed by atoms with Crippen molar-refractivity contribution in [3.8, 4) is 5.75 Å². The maximum absolute atomic E-state index is 11.3. The van der Waals surface area contributed by atoms with Crippen molar-refractivity contribution in [2.24, 2.45) is 5.92 Å². The number of hydrogen-bond acceptors (Lipinski definition) is 3. The van der Waals surface area contributed by atoms with Crippen molar-refractivity contribution in [3.63, 3.8) is 0 Å². The zero-order valence-electron chi connectivity index (χ0n) is 18.0. The summed E-state index contributed by atoms with van der Waals surface area (Å²) in [7, 11) is 0. The van der Waals surface area contributed by atoms with E-state index >= 15 is 0 Å². The summed E-state index contributed by atoms with van der Waals surface area (Å²) >= 11 is 0. The zero-order valence-corrected chi connectivity index (χ0v) is 18.0. The van der Waals surface area contributed by atoms with Crippen molar-refractivity contribution in [2.45, 2.75) is 44.7 Å². The number of aliphatic carboxylic acids is 1. The maximum atomic E-state index is 11.3. The Hall–Kier alpha value is -2.85. The smallest absolute Gasteiger partial charge is 0.309 e. The van der Waals surface area contributed by atoms with Crippen LogP contribution in [-0.4, -0.2) is 41.2 Å². The van der Waals surface area contributed by atoms with Crippen molar-refractivity contribution in [3.05, 3.63) is 77.4 Å². The molecule has 31 heavy (non-hydrogen) atoms. The molecule has 0 bridgehead atoms. The van der Waals surface area contributed by atoms with Gasteiger partial charge in [0.05, 0.1) is 12.5 Å². The molecule has 0 radical (unpaired) electrons. The fraction of sp³-hybridized carbons (Fsp3) is 0.370. The third-order valence-corrected chi connectivity index (χ3v) is 7.22. The van der Waals surface area contributed by atoms with Crippen LogP contribution in [0, 0.1) is 5.92 Å². The van der Waals surface area contributed by atoms with Crippen LogP contribution >= 0.6 is 0 Å². The summed E-state index contributed by atoms with van der Waals surface area (Å²) in [6, 6.07) is 21.9. The van der Waals surface area contributed by atoms with Crippen molar-refractivity contribution in [2.75, 3.05) is 13.2 Å². The molecule has 3 unspecified atom stereocenters. The molecule has 1 N–H and O–H groups in total. The average Bonchev–Trinajstić information content (AvgIpc) is 2.78. The predicted octanol–water partition coefficient (Wildman–Crippen LogP) is 4.72. The monoisotopic (exact) mass is 415 g/mol. The second-order valence-corrected chi connectivity index (χ2v) is 8.91. The molecule has 1 saturated heterocycles. The van der Waals surface area contributed by atoms with Crippen LogP contribution in [0.4, 0.5) is 0 Å². The second kappa shape index (κ2) is 8.35. The number of likely N-dealkylation sites (tertiary alicyclic amines) is 1. The van der Waals surface area contributed by atoms with Crippen LogP contribution in [0.25, 0.3) is 10.8 Å². The number of rotatable bonds is 6. The molecule has 4 nitrogen and oxygen atoms in total. The van der Waals surface area contributed by atoms with Gasteiger partial charge in [0.15, 0.2) is 0 Å². The summed E-state index contributed by atoms with van der Waals surface area (Å²) in [5.74, 6) is 0.0939. The minimum absolute atomic E-state index is 0.114. The van der Waals surface area contributed by atoms with Crippen LogP contribution in [0.1, 0.15) is 30.0 Å². The van der Waals surface area contributed by atoms with E-state index in [4.69, 9.17) is 4.74 Å². The topological polar surface area (TPSA) is 49.8 Å². The molecule has 4 heteroatoms. The highest BCUT2D eigenvalue weighted by atomic mass is 16.5. The highest BCUT2D eigenvalue weighted by molar-refractivity contribution is 5.85. The fourth-order valence-corrected chi connectivity index (χ4v) is 5.34. The lowest BCUT2D eigenvalue weighted by atomic mass is 9.81. The minimum atomic E-state index is -0.669. The van der Waals surface area contributed by atoms with Crippen LogP contribution in [-0.2, 0) is 24.1 Å². The van der Waals surface area contributed by atoms with E-state index < -0.39 is 5.97 Å². The Kier molecular flexibility index (Phi) is 5.41. The molecule has 160 valence electrons.